The van der Waals surface area contributed by atoms with Crippen LogP contribution in [0.3, 0.4) is 0 Å². The molecule has 1 aromatic rings. The molecule has 1 aliphatic rings. The summed E-state index contributed by atoms with van der Waals surface area (Å²) in [6.45, 7) is 2.95. The molecule has 1 fully saturated rings. The molecule has 1 heterocycles. The number of halogens is 1. The third-order valence-electron chi connectivity index (χ3n) is 3.88. The molecule has 1 saturated heterocycles. The summed E-state index contributed by atoms with van der Waals surface area (Å²) in [4.78, 5) is 2.13. The van der Waals surface area contributed by atoms with Crippen LogP contribution in [-0.4, -0.2) is 24.3 Å². The Bertz CT molecular complexity index is 423. The maximum absolute atomic E-state index is 14.2. The molecule has 106 valence electrons. The fraction of sp³-hybridized carbons (Fsp3) is 0.600. The van der Waals surface area contributed by atoms with Crippen LogP contribution in [0.15, 0.2) is 18.2 Å². The lowest BCUT2D eigenvalue weighted by Crippen LogP contribution is -2.30. The van der Waals surface area contributed by atoms with Gasteiger partial charge in [-0.2, -0.15) is 0 Å². The predicted octanol–water partition coefficient (Wildman–Crippen LogP) is 2.59. The first kappa shape index (κ1) is 14.3. The smallest absolute Gasteiger partial charge is 0.146 e. The van der Waals surface area contributed by atoms with Gasteiger partial charge < -0.3 is 15.7 Å². The molecule has 0 radical (unpaired) electrons. The summed E-state index contributed by atoms with van der Waals surface area (Å²) in [5, 5.41) is 8.93. The first-order chi connectivity index (χ1) is 9.13. The largest absolute Gasteiger partial charge is 0.396 e. The lowest BCUT2D eigenvalue weighted by Gasteiger charge is -2.27. The van der Waals surface area contributed by atoms with Crippen molar-refractivity contribution in [2.75, 3.05) is 18.1 Å². The van der Waals surface area contributed by atoms with Crippen LogP contribution in [0.2, 0.25) is 0 Å². The van der Waals surface area contributed by atoms with Crippen molar-refractivity contribution in [3.8, 4) is 0 Å². The van der Waals surface area contributed by atoms with E-state index in [2.05, 4.69) is 4.90 Å². The van der Waals surface area contributed by atoms with Gasteiger partial charge in [0.05, 0.1) is 5.69 Å². The molecule has 0 aromatic heterocycles. The second-order valence-corrected chi connectivity index (χ2v) is 5.35. The van der Waals surface area contributed by atoms with Crippen molar-refractivity contribution in [3.05, 3.63) is 29.6 Å². The van der Waals surface area contributed by atoms with Crippen LogP contribution < -0.4 is 10.6 Å². The number of benzene rings is 1. The summed E-state index contributed by atoms with van der Waals surface area (Å²) in [6, 6.07) is 5.49. The van der Waals surface area contributed by atoms with Crippen LogP contribution in [0.4, 0.5) is 10.1 Å². The molecule has 3 nitrogen and oxygen atoms in total. The number of hydrogen-bond donors (Lipinski definition) is 2. The Hall–Kier alpha value is -1.13. The van der Waals surface area contributed by atoms with Gasteiger partial charge in [0.2, 0.25) is 0 Å². The van der Waals surface area contributed by atoms with Crippen LogP contribution in [0, 0.1) is 5.82 Å². The van der Waals surface area contributed by atoms with Gasteiger partial charge in [-0.05, 0) is 50.3 Å². The average molecular weight is 266 g/mol. The zero-order valence-corrected chi connectivity index (χ0v) is 11.5. The molecule has 1 aliphatic heterocycles. The minimum atomic E-state index is -0.189. The van der Waals surface area contributed by atoms with Gasteiger partial charge in [-0.1, -0.05) is 6.07 Å². The molecule has 1 aromatic carbocycles. The van der Waals surface area contributed by atoms with Crippen molar-refractivity contribution < 1.29 is 9.50 Å². The Kier molecular flexibility index (Phi) is 4.77. The topological polar surface area (TPSA) is 49.5 Å². The Balaban J connectivity index is 2.16. The van der Waals surface area contributed by atoms with E-state index in [1.165, 1.54) is 0 Å². The summed E-state index contributed by atoms with van der Waals surface area (Å²) >= 11 is 0. The number of aliphatic hydroxyl groups excluding tert-OH is 1. The van der Waals surface area contributed by atoms with Crippen LogP contribution in [0.5, 0.6) is 0 Å². The number of hydrogen-bond acceptors (Lipinski definition) is 3. The number of nitrogens with zero attached hydrogens (tertiary/aromatic N) is 1. The van der Waals surface area contributed by atoms with Gasteiger partial charge in [-0.15, -0.1) is 0 Å². The van der Waals surface area contributed by atoms with Crippen LogP contribution >= 0.6 is 0 Å². The second-order valence-electron chi connectivity index (χ2n) is 5.35. The zero-order chi connectivity index (χ0) is 13.8. The standard InChI is InChI=1S/C15H23FN2O/c1-11(17)12-6-7-15(14(16)10-12)18-8-2-4-13(18)5-3-9-19/h6-7,10-11,13,19H,2-5,8-9,17H2,1H3/t11-,13?/m1/s1. The molecule has 0 saturated carbocycles. The minimum Gasteiger partial charge on any atom is -0.396 e. The number of nitrogens with two attached hydrogens (primary N) is 1. The molecular weight excluding hydrogens is 243 g/mol. The first-order valence-electron chi connectivity index (χ1n) is 7.06. The highest BCUT2D eigenvalue weighted by Gasteiger charge is 2.26. The third-order valence-corrected chi connectivity index (χ3v) is 3.88. The molecule has 0 bridgehead atoms. The SMILES string of the molecule is C[C@@H](N)c1ccc(N2CCCC2CCCO)c(F)c1. The maximum Gasteiger partial charge on any atom is 0.146 e. The van der Waals surface area contributed by atoms with Gasteiger partial charge in [0.1, 0.15) is 5.82 Å². The van der Waals surface area contributed by atoms with Gasteiger partial charge in [-0.3, -0.25) is 0 Å². The highest BCUT2D eigenvalue weighted by molar-refractivity contribution is 5.51. The minimum absolute atomic E-state index is 0.146. The van der Waals surface area contributed by atoms with E-state index in [0.717, 1.165) is 37.8 Å². The molecule has 0 spiro atoms. The molecule has 3 N–H and O–H groups in total. The van der Waals surface area contributed by atoms with Gasteiger partial charge in [-0.25, -0.2) is 4.39 Å². The lowest BCUT2D eigenvalue weighted by atomic mass is 10.1. The van der Waals surface area contributed by atoms with Crippen molar-refractivity contribution in [3.63, 3.8) is 0 Å². The van der Waals surface area contributed by atoms with Crippen molar-refractivity contribution in [1.29, 1.82) is 0 Å². The summed E-state index contributed by atoms with van der Waals surface area (Å²) in [5.41, 5.74) is 7.27. The number of aliphatic hydroxyl groups is 1. The molecule has 2 atom stereocenters. The summed E-state index contributed by atoms with van der Waals surface area (Å²) in [7, 11) is 0. The Morgan fingerprint density at radius 1 is 1.53 bits per heavy atom. The summed E-state index contributed by atoms with van der Waals surface area (Å²) in [6.07, 6.45) is 3.87. The van der Waals surface area contributed by atoms with E-state index in [4.69, 9.17) is 10.8 Å². The molecular formula is C15H23FN2O. The number of anilines is 1. The van der Waals surface area contributed by atoms with Crippen molar-refractivity contribution in [2.24, 2.45) is 5.73 Å². The van der Waals surface area contributed by atoms with Crippen LogP contribution in [0.25, 0.3) is 0 Å². The monoisotopic (exact) mass is 266 g/mol. The van der Waals surface area contributed by atoms with Crippen LogP contribution in [0.1, 0.15) is 44.2 Å². The van der Waals surface area contributed by atoms with Gasteiger partial charge in [0.25, 0.3) is 0 Å². The quantitative estimate of drug-likeness (QED) is 0.861. The van der Waals surface area contributed by atoms with Crippen molar-refractivity contribution >= 4 is 5.69 Å². The van der Waals surface area contributed by atoms with E-state index in [1.54, 1.807) is 6.07 Å². The van der Waals surface area contributed by atoms with Crippen LogP contribution in [-0.2, 0) is 0 Å². The highest BCUT2D eigenvalue weighted by Crippen LogP contribution is 2.31. The third kappa shape index (κ3) is 3.25. The Morgan fingerprint density at radius 2 is 2.32 bits per heavy atom. The van der Waals surface area contributed by atoms with E-state index in [-0.39, 0.29) is 18.5 Å². The Morgan fingerprint density at radius 3 is 2.95 bits per heavy atom. The highest BCUT2D eigenvalue weighted by atomic mass is 19.1. The summed E-state index contributed by atoms with van der Waals surface area (Å²) in [5.74, 6) is -0.189. The fourth-order valence-corrected chi connectivity index (χ4v) is 2.82. The van der Waals surface area contributed by atoms with E-state index >= 15 is 0 Å². The van der Waals surface area contributed by atoms with Gasteiger partial charge >= 0.3 is 0 Å². The molecule has 4 heteroatoms. The second kappa shape index (κ2) is 6.35. The average Bonchev–Trinajstić information content (AvgIpc) is 2.84. The maximum atomic E-state index is 14.2. The van der Waals surface area contributed by atoms with Crippen molar-refractivity contribution in [2.45, 2.75) is 44.7 Å². The normalized spacial score (nSPS) is 20.8. The van der Waals surface area contributed by atoms with E-state index in [0.29, 0.717) is 11.7 Å². The molecule has 0 aliphatic carbocycles. The van der Waals surface area contributed by atoms with Gasteiger partial charge in [0.15, 0.2) is 0 Å². The Labute approximate surface area is 114 Å². The fourth-order valence-electron chi connectivity index (χ4n) is 2.82. The molecule has 1 unspecified atom stereocenters. The summed E-state index contributed by atoms with van der Waals surface area (Å²) < 4.78 is 14.2. The molecule has 0 amide bonds. The zero-order valence-electron chi connectivity index (χ0n) is 11.5. The van der Waals surface area contributed by atoms with E-state index < -0.39 is 0 Å². The number of rotatable bonds is 5. The molecule has 2 rings (SSSR count). The predicted molar refractivity (Wildman–Crippen MR) is 75.7 cm³/mol. The lowest BCUT2D eigenvalue weighted by molar-refractivity contribution is 0.279. The molecule has 19 heavy (non-hydrogen) atoms. The first-order valence-corrected chi connectivity index (χ1v) is 7.06. The van der Waals surface area contributed by atoms with E-state index in [9.17, 15) is 4.39 Å². The van der Waals surface area contributed by atoms with Gasteiger partial charge in [0, 0.05) is 25.2 Å². The van der Waals surface area contributed by atoms with Crippen molar-refractivity contribution in [1.82, 2.24) is 0 Å². The van der Waals surface area contributed by atoms with E-state index in [1.807, 2.05) is 19.1 Å².